The van der Waals surface area contributed by atoms with E-state index in [1.165, 1.54) is 0 Å². The molecule has 0 amide bonds. The summed E-state index contributed by atoms with van der Waals surface area (Å²) in [5, 5.41) is 3.99. The van der Waals surface area contributed by atoms with Crippen molar-refractivity contribution in [2.24, 2.45) is 0 Å². The smallest absolute Gasteiger partial charge is 0.225 e. The molecule has 3 rings (SSSR count). The molecule has 0 bridgehead atoms. The van der Waals surface area contributed by atoms with Crippen LogP contribution in [0.3, 0.4) is 0 Å². The van der Waals surface area contributed by atoms with Crippen LogP contribution in [0, 0.1) is 6.92 Å². The summed E-state index contributed by atoms with van der Waals surface area (Å²) in [5.41, 5.74) is 0. The molecule has 2 aromatic heterocycles. The molecule has 17 heavy (non-hydrogen) atoms. The number of nitrogens with zero attached hydrogens (tertiary/aromatic N) is 5. The standard InChI is InChI=1S/C11H13N5O/c1-8-14-10(15-17-8)9-4-2-7-16(9)11-12-5-3-6-13-11/h3,5-6,9H,2,4,7H2,1H3. The lowest BCUT2D eigenvalue weighted by Gasteiger charge is -2.21. The van der Waals surface area contributed by atoms with Gasteiger partial charge in [0.25, 0.3) is 0 Å². The molecule has 0 spiro atoms. The first-order valence-corrected chi connectivity index (χ1v) is 5.68. The molecule has 1 saturated heterocycles. The second-order valence-corrected chi connectivity index (χ2v) is 4.07. The molecule has 0 N–H and O–H groups in total. The number of aryl methyl sites for hydroxylation is 1. The van der Waals surface area contributed by atoms with Crippen LogP contribution in [0.25, 0.3) is 0 Å². The van der Waals surface area contributed by atoms with E-state index in [4.69, 9.17) is 4.52 Å². The number of hydrogen-bond donors (Lipinski definition) is 0. The number of anilines is 1. The normalized spacial score (nSPS) is 19.8. The van der Waals surface area contributed by atoms with Crippen molar-refractivity contribution in [3.63, 3.8) is 0 Å². The van der Waals surface area contributed by atoms with Crippen LogP contribution in [0.5, 0.6) is 0 Å². The summed E-state index contributed by atoms with van der Waals surface area (Å²) in [6.45, 7) is 2.73. The average molecular weight is 231 g/mol. The fourth-order valence-corrected chi connectivity index (χ4v) is 2.16. The van der Waals surface area contributed by atoms with Crippen molar-refractivity contribution in [2.75, 3.05) is 11.4 Å². The largest absolute Gasteiger partial charge is 0.340 e. The fraction of sp³-hybridized carbons (Fsp3) is 0.455. The summed E-state index contributed by atoms with van der Waals surface area (Å²) in [5.74, 6) is 2.06. The third-order valence-electron chi connectivity index (χ3n) is 2.90. The molecule has 0 saturated carbocycles. The highest BCUT2D eigenvalue weighted by Crippen LogP contribution is 2.32. The van der Waals surface area contributed by atoms with E-state index in [1.54, 1.807) is 19.3 Å². The minimum atomic E-state index is 0.134. The fourth-order valence-electron chi connectivity index (χ4n) is 2.16. The van der Waals surface area contributed by atoms with E-state index in [-0.39, 0.29) is 6.04 Å². The predicted octanol–water partition coefficient (Wildman–Crippen LogP) is 1.51. The lowest BCUT2D eigenvalue weighted by atomic mass is 10.2. The first kappa shape index (κ1) is 10.2. The monoisotopic (exact) mass is 231 g/mol. The van der Waals surface area contributed by atoms with Crippen molar-refractivity contribution >= 4 is 5.95 Å². The molecular weight excluding hydrogens is 218 g/mol. The summed E-state index contributed by atoms with van der Waals surface area (Å²) in [7, 11) is 0. The van der Waals surface area contributed by atoms with Crippen LogP contribution >= 0.6 is 0 Å². The maximum atomic E-state index is 5.03. The Morgan fingerprint density at radius 1 is 1.35 bits per heavy atom. The summed E-state index contributed by atoms with van der Waals surface area (Å²) < 4.78 is 5.03. The maximum absolute atomic E-state index is 5.03. The van der Waals surface area contributed by atoms with Crippen molar-refractivity contribution in [3.8, 4) is 0 Å². The summed E-state index contributed by atoms with van der Waals surface area (Å²) in [6, 6.07) is 1.95. The molecule has 6 nitrogen and oxygen atoms in total. The Morgan fingerprint density at radius 2 is 2.18 bits per heavy atom. The van der Waals surface area contributed by atoms with Crippen LogP contribution in [0.4, 0.5) is 5.95 Å². The first-order chi connectivity index (χ1) is 8.34. The van der Waals surface area contributed by atoms with E-state index in [0.29, 0.717) is 5.89 Å². The third kappa shape index (κ3) is 1.86. The van der Waals surface area contributed by atoms with E-state index in [1.807, 2.05) is 6.07 Å². The van der Waals surface area contributed by atoms with E-state index >= 15 is 0 Å². The van der Waals surface area contributed by atoms with Gasteiger partial charge in [0.15, 0.2) is 5.82 Å². The molecule has 6 heteroatoms. The molecular formula is C11H13N5O. The molecule has 1 atom stereocenters. The number of hydrogen-bond acceptors (Lipinski definition) is 6. The van der Waals surface area contributed by atoms with Gasteiger partial charge in [-0.3, -0.25) is 0 Å². The predicted molar refractivity (Wildman–Crippen MR) is 60.4 cm³/mol. The highest BCUT2D eigenvalue weighted by molar-refractivity contribution is 5.34. The highest BCUT2D eigenvalue weighted by atomic mass is 16.5. The van der Waals surface area contributed by atoms with Gasteiger partial charge in [0, 0.05) is 25.9 Å². The van der Waals surface area contributed by atoms with Gasteiger partial charge in [-0.15, -0.1) is 0 Å². The molecule has 1 unspecified atom stereocenters. The maximum Gasteiger partial charge on any atom is 0.225 e. The Morgan fingerprint density at radius 3 is 2.88 bits per heavy atom. The first-order valence-electron chi connectivity index (χ1n) is 5.68. The van der Waals surface area contributed by atoms with Gasteiger partial charge >= 0.3 is 0 Å². The van der Waals surface area contributed by atoms with Crippen molar-refractivity contribution < 1.29 is 4.52 Å². The van der Waals surface area contributed by atoms with Gasteiger partial charge in [-0.2, -0.15) is 4.98 Å². The zero-order chi connectivity index (χ0) is 11.7. The quantitative estimate of drug-likeness (QED) is 0.780. The van der Waals surface area contributed by atoms with Crippen molar-refractivity contribution in [1.82, 2.24) is 20.1 Å². The van der Waals surface area contributed by atoms with E-state index in [9.17, 15) is 0 Å². The van der Waals surface area contributed by atoms with Crippen LogP contribution < -0.4 is 4.90 Å². The van der Waals surface area contributed by atoms with Gasteiger partial charge in [-0.1, -0.05) is 5.16 Å². The van der Waals surface area contributed by atoms with Crippen molar-refractivity contribution in [3.05, 3.63) is 30.2 Å². The molecule has 3 heterocycles. The molecule has 1 aliphatic rings. The number of aromatic nitrogens is 4. The SMILES string of the molecule is Cc1nc(C2CCCN2c2ncccn2)no1. The Labute approximate surface area is 98.7 Å². The average Bonchev–Trinajstić information content (AvgIpc) is 2.98. The summed E-state index contributed by atoms with van der Waals surface area (Å²) >= 11 is 0. The third-order valence-corrected chi connectivity index (χ3v) is 2.90. The minimum absolute atomic E-state index is 0.134. The van der Waals surface area contributed by atoms with Gasteiger partial charge in [-0.25, -0.2) is 9.97 Å². The second-order valence-electron chi connectivity index (χ2n) is 4.07. The minimum Gasteiger partial charge on any atom is -0.340 e. The highest BCUT2D eigenvalue weighted by Gasteiger charge is 2.31. The Kier molecular flexibility index (Phi) is 2.47. The van der Waals surface area contributed by atoms with E-state index < -0.39 is 0 Å². The Bertz CT molecular complexity index is 498. The topological polar surface area (TPSA) is 67.9 Å². The van der Waals surface area contributed by atoms with Crippen LogP contribution in [0.1, 0.15) is 30.6 Å². The van der Waals surface area contributed by atoms with Crippen LogP contribution in [-0.4, -0.2) is 26.7 Å². The summed E-state index contributed by atoms with van der Waals surface area (Å²) in [4.78, 5) is 15.0. The van der Waals surface area contributed by atoms with Crippen LogP contribution in [-0.2, 0) is 0 Å². The van der Waals surface area contributed by atoms with Gasteiger partial charge in [0.1, 0.15) is 0 Å². The lowest BCUT2D eigenvalue weighted by Crippen LogP contribution is -2.25. The number of rotatable bonds is 2. The van der Waals surface area contributed by atoms with E-state index in [0.717, 1.165) is 31.2 Å². The van der Waals surface area contributed by atoms with Gasteiger partial charge < -0.3 is 9.42 Å². The molecule has 1 fully saturated rings. The van der Waals surface area contributed by atoms with Crippen molar-refractivity contribution in [2.45, 2.75) is 25.8 Å². The van der Waals surface area contributed by atoms with E-state index in [2.05, 4.69) is 25.0 Å². The molecule has 1 aliphatic heterocycles. The molecule has 0 aromatic carbocycles. The van der Waals surface area contributed by atoms with Gasteiger partial charge in [0.2, 0.25) is 11.8 Å². The van der Waals surface area contributed by atoms with Gasteiger partial charge in [0.05, 0.1) is 6.04 Å². The van der Waals surface area contributed by atoms with Gasteiger partial charge in [-0.05, 0) is 18.9 Å². The summed E-state index contributed by atoms with van der Waals surface area (Å²) in [6.07, 6.45) is 5.60. The van der Waals surface area contributed by atoms with Crippen LogP contribution in [0.2, 0.25) is 0 Å². The second kappa shape index (κ2) is 4.12. The van der Waals surface area contributed by atoms with Crippen molar-refractivity contribution in [1.29, 1.82) is 0 Å². The lowest BCUT2D eigenvalue weighted by molar-refractivity contribution is 0.383. The molecule has 0 radical (unpaired) electrons. The Hall–Kier alpha value is -1.98. The Balaban J connectivity index is 1.90. The molecule has 0 aliphatic carbocycles. The van der Waals surface area contributed by atoms with Crippen LogP contribution in [0.15, 0.2) is 23.0 Å². The molecule has 88 valence electrons. The molecule has 2 aromatic rings. The zero-order valence-corrected chi connectivity index (χ0v) is 9.58. The zero-order valence-electron chi connectivity index (χ0n) is 9.58.